The minimum atomic E-state index is -0.309. The van der Waals surface area contributed by atoms with Gasteiger partial charge in [0, 0.05) is 35.5 Å². The van der Waals surface area contributed by atoms with E-state index in [0.29, 0.717) is 40.8 Å². The lowest BCUT2D eigenvalue weighted by atomic mass is 10.0. The molecule has 0 saturated heterocycles. The van der Waals surface area contributed by atoms with Gasteiger partial charge in [-0.25, -0.2) is 24.3 Å². The molecule has 0 saturated carbocycles. The SMILES string of the molecule is CC(C)c1ccc2ncnc(NCc3ccc(-c4ccnc5[nH]c(-c6cn[nH]c6)nc45)cc3F)c2c1. The molecule has 0 atom stereocenters. The van der Waals surface area contributed by atoms with E-state index in [-0.39, 0.29) is 5.82 Å². The normalized spacial score (nSPS) is 11.6. The number of aromatic amines is 2. The Bertz CT molecular complexity index is 1690. The molecule has 0 fully saturated rings. The first-order valence-electron chi connectivity index (χ1n) is 11.7. The maximum absolute atomic E-state index is 15.2. The summed E-state index contributed by atoms with van der Waals surface area (Å²) in [5.41, 5.74) is 6.24. The second kappa shape index (κ2) is 8.84. The zero-order valence-corrected chi connectivity index (χ0v) is 19.7. The largest absolute Gasteiger partial charge is 0.365 e. The van der Waals surface area contributed by atoms with Gasteiger partial charge >= 0.3 is 0 Å². The topological polar surface area (TPSA) is 108 Å². The van der Waals surface area contributed by atoms with Crippen molar-refractivity contribution >= 4 is 27.9 Å². The Kier molecular flexibility index (Phi) is 5.37. The number of hydrogen-bond donors (Lipinski definition) is 3. The summed E-state index contributed by atoms with van der Waals surface area (Å²) in [5, 5.41) is 11.0. The van der Waals surface area contributed by atoms with Gasteiger partial charge in [-0.3, -0.25) is 5.10 Å². The van der Waals surface area contributed by atoms with Crippen LogP contribution in [-0.2, 0) is 6.54 Å². The molecule has 4 heterocycles. The van der Waals surface area contributed by atoms with Gasteiger partial charge in [0.05, 0.1) is 17.3 Å². The van der Waals surface area contributed by atoms with Gasteiger partial charge in [-0.15, -0.1) is 0 Å². The lowest BCUT2D eigenvalue weighted by Gasteiger charge is -2.12. The van der Waals surface area contributed by atoms with Crippen molar-refractivity contribution in [1.82, 2.24) is 35.1 Å². The van der Waals surface area contributed by atoms with Crippen LogP contribution in [0.2, 0.25) is 0 Å². The fraction of sp³-hybridized carbons (Fsp3) is 0.148. The number of imidazole rings is 1. The summed E-state index contributed by atoms with van der Waals surface area (Å²) in [6, 6.07) is 13.2. The van der Waals surface area contributed by atoms with Crippen molar-refractivity contribution < 1.29 is 4.39 Å². The van der Waals surface area contributed by atoms with Crippen molar-refractivity contribution in [1.29, 1.82) is 0 Å². The van der Waals surface area contributed by atoms with Crippen molar-refractivity contribution in [3.8, 4) is 22.5 Å². The van der Waals surface area contributed by atoms with E-state index in [1.165, 1.54) is 18.0 Å². The number of pyridine rings is 1. The monoisotopic (exact) mass is 478 g/mol. The van der Waals surface area contributed by atoms with Gasteiger partial charge in [0.25, 0.3) is 0 Å². The number of benzene rings is 2. The minimum Gasteiger partial charge on any atom is -0.365 e. The number of nitrogens with zero attached hydrogens (tertiary/aromatic N) is 5. The molecule has 8 nitrogen and oxygen atoms in total. The molecule has 0 aliphatic heterocycles. The summed E-state index contributed by atoms with van der Waals surface area (Å²) in [5.74, 6) is 1.41. The lowest BCUT2D eigenvalue weighted by Crippen LogP contribution is -2.05. The summed E-state index contributed by atoms with van der Waals surface area (Å²) < 4.78 is 15.2. The Morgan fingerprint density at radius 2 is 1.92 bits per heavy atom. The number of rotatable bonds is 6. The average Bonchev–Trinajstić information content (AvgIpc) is 3.57. The van der Waals surface area contributed by atoms with Crippen molar-refractivity contribution in [2.45, 2.75) is 26.3 Å². The quantitative estimate of drug-likeness (QED) is 0.278. The second-order valence-electron chi connectivity index (χ2n) is 8.94. The predicted molar refractivity (Wildman–Crippen MR) is 138 cm³/mol. The first-order chi connectivity index (χ1) is 17.6. The van der Waals surface area contributed by atoms with Gasteiger partial charge in [-0.1, -0.05) is 32.0 Å². The van der Waals surface area contributed by atoms with Gasteiger partial charge in [0.15, 0.2) is 5.65 Å². The van der Waals surface area contributed by atoms with Crippen LogP contribution in [-0.4, -0.2) is 35.1 Å². The van der Waals surface area contributed by atoms with Gasteiger partial charge in [-0.05, 0) is 41.3 Å². The number of fused-ring (bicyclic) bond motifs is 2. The summed E-state index contributed by atoms with van der Waals surface area (Å²) in [7, 11) is 0. The third kappa shape index (κ3) is 3.94. The zero-order valence-electron chi connectivity index (χ0n) is 19.7. The first kappa shape index (κ1) is 21.8. The van der Waals surface area contributed by atoms with Gasteiger partial charge < -0.3 is 10.3 Å². The molecule has 36 heavy (non-hydrogen) atoms. The molecule has 9 heteroatoms. The Morgan fingerprint density at radius 3 is 2.72 bits per heavy atom. The Hall–Kier alpha value is -4.66. The Labute approximate surface area is 206 Å². The van der Waals surface area contributed by atoms with Gasteiger partial charge in [-0.2, -0.15) is 5.10 Å². The highest BCUT2D eigenvalue weighted by molar-refractivity contribution is 5.91. The summed E-state index contributed by atoms with van der Waals surface area (Å²) >= 11 is 0. The van der Waals surface area contributed by atoms with Gasteiger partial charge in [0.1, 0.15) is 29.3 Å². The molecule has 0 aliphatic rings. The number of nitrogens with one attached hydrogen (secondary N) is 3. The van der Waals surface area contributed by atoms with Crippen molar-refractivity contribution in [2.75, 3.05) is 5.32 Å². The van der Waals surface area contributed by atoms with E-state index in [1.807, 2.05) is 18.2 Å². The van der Waals surface area contributed by atoms with E-state index in [1.54, 1.807) is 24.7 Å². The van der Waals surface area contributed by atoms with Crippen LogP contribution in [0.25, 0.3) is 44.6 Å². The van der Waals surface area contributed by atoms with Crippen molar-refractivity contribution in [3.63, 3.8) is 0 Å². The molecule has 0 bridgehead atoms. The third-order valence-corrected chi connectivity index (χ3v) is 6.29. The highest BCUT2D eigenvalue weighted by Crippen LogP contribution is 2.30. The zero-order chi connectivity index (χ0) is 24.6. The average molecular weight is 479 g/mol. The lowest BCUT2D eigenvalue weighted by molar-refractivity contribution is 0.613. The molecule has 178 valence electrons. The molecule has 0 amide bonds. The molecular weight excluding hydrogens is 455 g/mol. The van der Waals surface area contributed by atoms with Crippen LogP contribution >= 0.6 is 0 Å². The van der Waals surface area contributed by atoms with Crippen molar-refractivity contribution in [2.24, 2.45) is 0 Å². The number of halogens is 1. The first-order valence-corrected chi connectivity index (χ1v) is 11.7. The molecule has 6 aromatic rings. The second-order valence-corrected chi connectivity index (χ2v) is 8.94. The smallest absolute Gasteiger partial charge is 0.158 e. The molecule has 2 aromatic carbocycles. The molecule has 0 unspecified atom stereocenters. The van der Waals surface area contributed by atoms with E-state index in [2.05, 4.69) is 66.4 Å². The highest BCUT2D eigenvalue weighted by Gasteiger charge is 2.14. The number of anilines is 1. The maximum Gasteiger partial charge on any atom is 0.158 e. The fourth-order valence-corrected chi connectivity index (χ4v) is 4.27. The minimum absolute atomic E-state index is 0.295. The van der Waals surface area contributed by atoms with E-state index in [9.17, 15) is 0 Å². The van der Waals surface area contributed by atoms with E-state index < -0.39 is 0 Å². The Balaban J connectivity index is 1.29. The maximum atomic E-state index is 15.2. The van der Waals surface area contributed by atoms with Crippen LogP contribution in [0, 0.1) is 5.82 Å². The fourth-order valence-electron chi connectivity index (χ4n) is 4.27. The van der Waals surface area contributed by atoms with Crippen LogP contribution in [0.1, 0.15) is 30.9 Å². The molecule has 0 aliphatic carbocycles. The molecule has 0 radical (unpaired) electrons. The third-order valence-electron chi connectivity index (χ3n) is 6.29. The Morgan fingerprint density at radius 1 is 1.00 bits per heavy atom. The molecular formula is C27H23FN8. The number of H-pyrrole nitrogens is 2. The molecule has 0 spiro atoms. The van der Waals surface area contributed by atoms with Crippen molar-refractivity contribution in [3.05, 3.63) is 84.3 Å². The standard InChI is InChI=1S/C27H23FN8/c1-15(2)16-5-6-23-21(9-16)26(32-14-31-23)30-11-18-4-3-17(10-22(18)28)20-7-8-29-27-24(20)35-25(36-27)19-12-33-34-13-19/h3-10,12-15H,11H2,1-2H3,(H,33,34)(H,29,35,36)(H,30,31,32). The van der Waals surface area contributed by atoms with Crippen LogP contribution in [0.15, 0.2) is 67.4 Å². The summed E-state index contributed by atoms with van der Waals surface area (Å²) in [6.07, 6.45) is 6.65. The molecule has 3 N–H and O–H groups in total. The van der Waals surface area contributed by atoms with Crippen LogP contribution in [0.3, 0.4) is 0 Å². The predicted octanol–water partition coefficient (Wildman–Crippen LogP) is 5.83. The summed E-state index contributed by atoms with van der Waals surface area (Å²) in [4.78, 5) is 21.0. The van der Waals surface area contributed by atoms with E-state index >= 15 is 4.39 Å². The van der Waals surface area contributed by atoms with Crippen LogP contribution in [0.4, 0.5) is 10.2 Å². The molecule has 6 rings (SSSR count). The van der Waals surface area contributed by atoms with Crippen LogP contribution in [0.5, 0.6) is 0 Å². The van der Waals surface area contributed by atoms with E-state index in [4.69, 9.17) is 0 Å². The van der Waals surface area contributed by atoms with Gasteiger partial charge in [0.2, 0.25) is 0 Å². The number of aromatic nitrogens is 7. The highest BCUT2D eigenvalue weighted by atomic mass is 19.1. The number of hydrogen-bond acceptors (Lipinski definition) is 6. The summed E-state index contributed by atoms with van der Waals surface area (Å²) in [6.45, 7) is 4.59. The van der Waals surface area contributed by atoms with E-state index in [0.717, 1.165) is 27.6 Å². The molecule has 4 aromatic heterocycles. The van der Waals surface area contributed by atoms with Crippen LogP contribution < -0.4 is 5.32 Å².